The molecule has 0 aromatic heterocycles. The highest BCUT2D eigenvalue weighted by atomic mass is 16.6. The van der Waals surface area contributed by atoms with Gasteiger partial charge in [0.25, 0.3) is 0 Å². The standard InChI is InChI=1S/C59H98O6/c1-4-7-10-13-16-19-22-25-27-29-30-32-34-37-40-43-46-49-52-58(61)64-55-56(54-63-57(60)51-48-45-42-39-36-33-24-21-18-15-12-9-6-3)65-59(62)53-50-47-44-41-38-35-31-28-26-23-20-17-14-11-8-5-2/h9,12,15,18,21-22,24-25,27-33,36,56H,4-8,10-11,13-14,16-17,19-20,23,26,34-35,37-55H2,1-3H3/b12-9-,18-15-,24-21-,25-22-,29-27-,31-28-,32-30-,36-33-. The van der Waals surface area contributed by atoms with Crippen molar-refractivity contribution in [3.8, 4) is 0 Å². The summed E-state index contributed by atoms with van der Waals surface area (Å²) in [5, 5.41) is 0. The Morgan fingerprint density at radius 1 is 0.323 bits per heavy atom. The Labute approximate surface area is 400 Å². The summed E-state index contributed by atoms with van der Waals surface area (Å²) < 4.78 is 16.8. The van der Waals surface area contributed by atoms with Crippen LogP contribution < -0.4 is 0 Å². The van der Waals surface area contributed by atoms with Gasteiger partial charge in [-0.25, -0.2) is 0 Å². The minimum atomic E-state index is -0.807. The Morgan fingerprint density at radius 3 is 1.00 bits per heavy atom. The molecule has 0 aliphatic rings. The number of carbonyl (C=O) groups excluding carboxylic acids is 3. The fraction of sp³-hybridized carbons (Fsp3) is 0.678. The zero-order chi connectivity index (χ0) is 47.2. The third-order valence-electron chi connectivity index (χ3n) is 11.2. The molecule has 0 N–H and O–H groups in total. The van der Waals surface area contributed by atoms with Crippen molar-refractivity contribution in [2.75, 3.05) is 13.2 Å². The Bertz CT molecular complexity index is 1310. The average Bonchev–Trinajstić information content (AvgIpc) is 3.30. The summed E-state index contributed by atoms with van der Waals surface area (Å²) in [5.41, 5.74) is 0. The molecule has 6 nitrogen and oxygen atoms in total. The fourth-order valence-electron chi connectivity index (χ4n) is 7.15. The molecule has 0 radical (unpaired) electrons. The van der Waals surface area contributed by atoms with E-state index >= 15 is 0 Å². The maximum Gasteiger partial charge on any atom is 0.306 e. The summed E-state index contributed by atoms with van der Waals surface area (Å²) in [7, 11) is 0. The van der Waals surface area contributed by atoms with Crippen LogP contribution in [0.15, 0.2) is 97.2 Å². The van der Waals surface area contributed by atoms with E-state index in [1.54, 1.807) is 0 Å². The molecule has 1 atom stereocenters. The van der Waals surface area contributed by atoms with Crippen LogP contribution in [0.25, 0.3) is 0 Å². The first-order valence-corrected chi connectivity index (χ1v) is 26.8. The van der Waals surface area contributed by atoms with Crippen molar-refractivity contribution in [1.29, 1.82) is 0 Å². The monoisotopic (exact) mass is 903 g/mol. The van der Waals surface area contributed by atoms with Gasteiger partial charge in [-0.3, -0.25) is 14.4 Å². The molecule has 370 valence electrons. The van der Waals surface area contributed by atoms with Crippen LogP contribution in [0.4, 0.5) is 0 Å². The van der Waals surface area contributed by atoms with Crippen LogP contribution in [-0.2, 0) is 28.6 Å². The molecule has 0 aromatic rings. The third-order valence-corrected chi connectivity index (χ3v) is 11.2. The van der Waals surface area contributed by atoms with Crippen molar-refractivity contribution >= 4 is 17.9 Å². The molecule has 0 fully saturated rings. The summed E-state index contributed by atoms with van der Waals surface area (Å²) in [6, 6.07) is 0. The first-order valence-electron chi connectivity index (χ1n) is 26.8. The van der Waals surface area contributed by atoms with Gasteiger partial charge in [-0.1, -0.05) is 227 Å². The molecule has 65 heavy (non-hydrogen) atoms. The zero-order valence-electron chi connectivity index (χ0n) is 42.2. The van der Waals surface area contributed by atoms with Crippen LogP contribution in [0.3, 0.4) is 0 Å². The second kappa shape index (κ2) is 52.9. The highest BCUT2D eigenvalue weighted by molar-refractivity contribution is 5.71. The molecule has 0 spiro atoms. The lowest BCUT2D eigenvalue weighted by Gasteiger charge is -2.18. The normalized spacial score (nSPS) is 12.8. The number of allylic oxidation sites excluding steroid dienone is 16. The van der Waals surface area contributed by atoms with Crippen molar-refractivity contribution in [2.24, 2.45) is 0 Å². The van der Waals surface area contributed by atoms with E-state index in [9.17, 15) is 14.4 Å². The smallest absolute Gasteiger partial charge is 0.306 e. The van der Waals surface area contributed by atoms with Crippen molar-refractivity contribution in [3.63, 3.8) is 0 Å². The molecule has 6 heteroatoms. The Morgan fingerprint density at radius 2 is 0.615 bits per heavy atom. The third kappa shape index (κ3) is 51.2. The van der Waals surface area contributed by atoms with Crippen molar-refractivity contribution in [3.05, 3.63) is 97.2 Å². The van der Waals surface area contributed by atoms with Crippen LogP contribution >= 0.6 is 0 Å². The van der Waals surface area contributed by atoms with Gasteiger partial charge >= 0.3 is 17.9 Å². The van der Waals surface area contributed by atoms with E-state index in [-0.39, 0.29) is 31.1 Å². The number of esters is 3. The molecule has 0 amide bonds. The predicted molar refractivity (Wildman–Crippen MR) is 279 cm³/mol. The van der Waals surface area contributed by atoms with Gasteiger partial charge in [0.1, 0.15) is 13.2 Å². The van der Waals surface area contributed by atoms with E-state index in [1.165, 1.54) is 89.9 Å². The second-order valence-corrected chi connectivity index (χ2v) is 17.5. The van der Waals surface area contributed by atoms with Crippen molar-refractivity contribution in [2.45, 2.75) is 245 Å². The Kier molecular flexibility index (Phi) is 50.0. The molecule has 0 aliphatic heterocycles. The minimum absolute atomic E-state index is 0.105. The second-order valence-electron chi connectivity index (χ2n) is 17.5. The lowest BCUT2D eigenvalue weighted by atomic mass is 10.1. The number of carbonyl (C=O) groups is 3. The van der Waals surface area contributed by atoms with Gasteiger partial charge in [-0.15, -0.1) is 0 Å². The van der Waals surface area contributed by atoms with Gasteiger partial charge in [-0.2, -0.15) is 0 Å². The summed E-state index contributed by atoms with van der Waals surface area (Å²) in [4.78, 5) is 38.0. The molecule has 1 unspecified atom stereocenters. The first kappa shape index (κ1) is 61.3. The molecule has 0 saturated carbocycles. The largest absolute Gasteiger partial charge is 0.462 e. The van der Waals surface area contributed by atoms with Gasteiger partial charge in [0.05, 0.1) is 0 Å². The summed E-state index contributed by atoms with van der Waals surface area (Å²) in [6.45, 7) is 6.42. The molecule has 0 saturated heterocycles. The van der Waals surface area contributed by atoms with Gasteiger partial charge in [0.15, 0.2) is 6.10 Å². The molecular formula is C59H98O6. The fourth-order valence-corrected chi connectivity index (χ4v) is 7.15. The molecule has 0 aliphatic carbocycles. The zero-order valence-corrected chi connectivity index (χ0v) is 42.2. The van der Waals surface area contributed by atoms with E-state index in [0.29, 0.717) is 19.3 Å². The molecule has 0 aromatic carbocycles. The molecule has 0 bridgehead atoms. The Hall–Kier alpha value is -3.67. The number of hydrogen-bond donors (Lipinski definition) is 0. The highest BCUT2D eigenvalue weighted by Gasteiger charge is 2.19. The quantitative estimate of drug-likeness (QED) is 0.0199. The average molecular weight is 903 g/mol. The van der Waals surface area contributed by atoms with Crippen LogP contribution in [0.5, 0.6) is 0 Å². The van der Waals surface area contributed by atoms with E-state index < -0.39 is 6.10 Å². The van der Waals surface area contributed by atoms with Crippen molar-refractivity contribution < 1.29 is 28.6 Å². The number of rotatable bonds is 47. The topological polar surface area (TPSA) is 78.9 Å². The van der Waals surface area contributed by atoms with Gasteiger partial charge in [-0.05, 0) is 89.9 Å². The molecular weight excluding hydrogens is 805 g/mol. The molecule has 0 rings (SSSR count). The summed E-state index contributed by atoms with van der Waals surface area (Å²) in [5.74, 6) is -0.973. The van der Waals surface area contributed by atoms with Crippen LogP contribution in [0.1, 0.15) is 239 Å². The minimum Gasteiger partial charge on any atom is -0.462 e. The van der Waals surface area contributed by atoms with E-state index in [0.717, 1.165) is 109 Å². The van der Waals surface area contributed by atoms with E-state index in [2.05, 4.69) is 81.5 Å². The van der Waals surface area contributed by atoms with Crippen molar-refractivity contribution in [1.82, 2.24) is 0 Å². The number of ether oxygens (including phenoxy) is 3. The van der Waals surface area contributed by atoms with Gasteiger partial charge in [0, 0.05) is 19.3 Å². The van der Waals surface area contributed by atoms with Gasteiger partial charge in [0.2, 0.25) is 0 Å². The summed E-state index contributed by atoms with van der Waals surface area (Å²) in [6.07, 6.45) is 69.6. The summed E-state index contributed by atoms with van der Waals surface area (Å²) >= 11 is 0. The highest BCUT2D eigenvalue weighted by Crippen LogP contribution is 2.14. The van der Waals surface area contributed by atoms with E-state index in [1.807, 2.05) is 36.5 Å². The van der Waals surface area contributed by atoms with Crippen LogP contribution in [0.2, 0.25) is 0 Å². The maximum atomic E-state index is 12.8. The number of hydrogen-bond acceptors (Lipinski definition) is 6. The Balaban J connectivity index is 4.49. The number of unbranched alkanes of at least 4 members (excludes halogenated alkanes) is 25. The maximum absolute atomic E-state index is 12.8. The lowest BCUT2D eigenvalue weighted by molar-refractivity contribution is -0.167. The SMILES string of the molecule is CC\C=C/C=C\C=C/C=C\CCCCCC(=O)OCC(COC(=O)CCCCCCC\C=C/C=C\C=C/CCCCCCC)OC(=O)CCCCCCC/C=C\CCCCCCCCC. The lowest BCUT2D eigenvalue weighted by Crippen LogP contribution is -2.30. The van der Waals surface area contributed by atoms with Gasteiger partial charge < -0.3 is 14.2 Å². The first-order chi connectivity index (χ1) is 32.0. The molecule has 0 heterocycles. The van der Waals surface area contributed by atoms with Crippen LogP contribution in [0, 0.1) is 0 Å². The van der Waals surface area contributed by atoms with E-state index in [4.69, 9.17) is 14.2 Å². The van der Waals surface area contributed by atoms with Crippen LogP contribution in [-0.4, -0.2) is 37.2 Å². The predicted octanol–water partition coefficient (Wildman–Crippen LogP) is 17.8.